The summed E-state index contributed by atoms with van der Waals surface area (Å²) in [6.45, 7) is 1.19. The van der Waals surface area contributed by atoms with Gasteiger partial charge in [-0.15, -0.1) is 0 Å². The monoisotopic (exact) mass is 267 g/mol. The predicted octanol–water partition coefficient (Wildman–Crippen LogP) is 2.94. The Hall–Kier alpha value is -1.26. The number of rotatable bonds is 5. The fourth-order valence-corrected chi connectivity index (χ4v) is 2.30. The molecule has 0 saturated heterocycles. The van der Waals surface area contributed by atoms with Gasteiger partial charge in [0.25, 0.3) is 0 Å². The summed E-state index contributed by atoms with van der Waals surface area (Å²) in [7, 11) is 0. The molecule has 2 rings (SSSR count). The first-order valence-electron chi connectivity index (χ1n) is 6.65. The van der Waals surface area contributed by atoms with Crippen LogP contribution in [0.2, 0.25) is 0 Å². The Morgan fingerprint density at radius 3 is 2.79 bits per heavy atom. The Morgan fingerprint density at radius 2 is 2.11 bits per heavy atom. The zero-order valence-electron chi connectivity index (χ0n) is 10.8. The van der Waals surface area contributed by atoms with Crippen molar-refractivity contribution in [2.75, 3.05) is 13.1 Å². The molecule has 0 radical (unpaired) electrons. The summed E-state index contributed by atoms with van der Waals surface area (Å²) in [5.74, 6) is -1.21. The van der Waals surface area contributed by atoms with Gasteiger partial charge in [-0.3, -0.25) is 0 Å². The molecular formula is C15H19F2NO. The number of hydrogen-bond acceptors (Lipinski definition) is 2. The van der Waals surface area contributed by atoms with Gasteiger partial charge in [0.2, 0.25) is 0 Å². The standard InChI is InChI=1S/C15H19F2NO/c16-13-7-6-12(8-14(13)17)15(19)10-18-9-11-4-2-1-3-5-11/h1-2,6-8,11,15,18-19H,3-5,9-10H2. The Bertz CT molecular complexity index is 448. The van der Waals surface area contributed by atoms with Crippen LogP contribution in [0.3, 0.4) is 0 Å². The molecule has 1 aromatic rings. The van der Waals surface area contributed by atoms with E-state index in [0.29, 0.717) is 18.0 Å². The molecule has 0 saturated carbocycles. The van der Waals surface area contributed by atoms with E-state index in [0.717, 1.165) is 37.9 Å². The van der Waals surface area contributed by atoms with Gasteiger partial charge in [0.15, 0.2) is 11.6 Å². The molecule has 0 aliphatic heterocycles. The number of halogens is 2. The summed E-state index contributed by atoms with van der Waals surface area (Å²) >= 11 is 0. The molecule has 1 aliphatic rings. The number of aliphatic hydroxyl groups is 1. The Morgan fingerprint density at radius 1 is 1.26 bits per heavy atom. The Labute approximate surface area is 112 Å². The maximum absolute atomic E-state index is 13.0. The second kappa shape index (κ2) is 6.78. The van der Waals surface area contributed by atoms with E-state index in [1.165, 1.54) is 6.07 Å². The van der Waals surface area contributed by atoms with Crippen molar-refractivity contribution in [2.24, 2.45) is 5.92 Å². The number of nitrogens with one attached hydrogen (secondary N) is 1. The largest absolute Gasteiger partial charge is 0.387 e. The topological polar surface area (TPSA) is 32.3 Å². The minimum atomic E-state index is -0.922. The van der Waals surface area contributed by atoms with Crippen molar-refractivity contribution in [3.05, 3.63) is 47.5 Å². The van der Waals surface area contributed by atoms with Gasteiger partial charge >= 0.3 is 0 Å². The van der Waals surface area contributed by atoms with E-state index in [2.05, 4.69) is 17.5 Å². The van der Waals surface area contributed by atoms with Crippen molar-refractivity contribution < 1.29 is 13.9 Å². The molecule has 2 N–H and O–H groups in total. The van der Waals surface area contributed by atoms with Crippen LogP contribution in [0.1, 0.15) is 30.9 Å². The molecule has 19 heavy (non-hydrogen) atoms. The van der Waals surface area contributed by atoms with E-state index in [4.69, 9.17) is 0 Å². The molecule has 0 fully saturated rings. The normalized spacial score (nSPS) is 20.5. The van der Waals surface area contributed by atoms with Crippen LogP contribution in [0, 0.1) is 17.6 Å². The van der Waals surface area contributed by atoms with Gasteiger partial charge in [-0.1, -0.05) is 18.2 Å². The second-order valence-corrected chi connectivity index (χ2v) is 5.00. The van der Waals surface area contributed by atoms with E-state index >= 15 is 0 Å². The molecule has 2 atom stereocenters. The highest BCUT2D eigenvalue weighted by molar-refractivity contribution is 5.20. The third-order valence-corrected chi connectivity index (χ3v) is 3.48. The van der Waals surface area contributed by atoms with E-state index in [1.807, 2.05) is 0 Å². The smallest absolute Gasteiger partial charge is 0.159 e. The van der Waals surface area contributed by atoms with Gasteiger partial charge in [0.1, 0.15) is 0 Å². The lowest BCUT2D eigenvalue weighted by Gasteiger charge is -2.19. The molecule has 0 heterocycles. The van der Waals surface area contributed by atoms with Gasteiger partial charge in [-0.25, -0.2) is 8.78 Å². The highest BCUT2D eigenvalue weighted by Gasteiger charge is 2.13. The van der Waals surface area contributed by atoms with E-state index in [1.54, 1.807) is 0 Å². The molecule has 104 valence electrons. The predicted molar refractivity (Wildman–Crippen MR) is 70.7 cm³/mol. The summed E-state index contributed by atoms with van der Waals surface area (Å²) in [4.78, 5) is 0. The summed E-state index contributed by atoms with van der Waals surface area (Å²) in [5, 5.41) is 13.1. The van der Waals surface area contributed by atoms with Crippen molar-refractivity contribution >= 4 is 0 Å². The summed E-state index contributed by atoms with van der Waals surface area (Å²) in [5.41, 5.74) is 0.398. The van der Waals surface area contributed by atoms with E-state index in [9.17, 15) is 13.9 Å². The highest BCUT2D eigenvalue weighted by Crippen LogP contribution is 2.18. The summed E-state index contributed by atoms with van der Waals surface area (Å²) in [6, 6.07) is 3.50. The average molecular weight is 267 g/mol. The molecular weight excluding hydrogens is 248 g/mol. The summed E-state index contributed by atoms with van der Waals surface area (Å²) in [6.07, 6.45) is 6.89. The fourth-order valence-electron chi connectivity index (χ4n) is 2.30. The number of benzene rings is 1. The van der Waals surface area contributed by atoms with Crippen molar-refractivity contribution in [3.63, 3.8) is 0 Å². The quantitative estimate of drug-likeness (QED) is 0.804. The number of hydrogen-bond donors (Lipinski definition) is 2. The lowest BCUT2D eigenvalue weighted by Crippen LogP contribution is -2.27. The fraction of sp³-hybridized carbons (Fsp3) is 0.467. The molecule has 1 aromatic carbocycles. The van der Waals surface area contributed by atoms with Gasteiger partial charge in [0, 0.05) is 6.54 Å². The van der Waals surface area contributed by atoms with Crippen LogP contribution in [0.4, 0.5) is 8.78 Å². The van der Waals surface area contributed by atoms with Crippen LogP contribution in [-0.4, -0.2) is 18.2 Å². The zero-order chi connectivity index (χ0) is 13.7. The van der Waals surface area contributed by atoms with Crippen molar-refractivity contribution in [2.45, 2.75) is 25.4 Å². The van der Waals surface area contributed by atoms with Gasteiger partial charge in [-0.05, 0) is 49.4 Å². The molecule has 0 bridgehead atoms. The first-order valence-corrected chi connectivity index (χ1v) is 6.65. The van der Waals surface area contributed by atoms with Crippen LogP contribution >= 0.6 is 0 Å². The summed E-state index contributed by atoms with van der Waals surface area (Å²) < 4.78 is 25.8. The maximum atomic E-state index is 13.0. The SMILES string of the molecule is OC(CNCC1CC=CCC1)c1ccc(F)c(F)c1. The van der Waals surface area contributed by atoms with Crippen LogP contribution in [-0.2, 0) is 0 Å². The molecule has 0 spiro atoms. The Kier molecular flexibility index (Phi) is 5.05. The molecule has 2 unspecified atom stereocenters. The minimum Gasteiger partial charge on any atom is -0.387 e. The first-order chi connectivity index (χ1) is 9.16. The number of allylic oxidation sites excluding steroid dienone is 2. The van der Waals surface area contributed by atoms with Crippen molar-refractivity contribution in [3.8, 4) is 0 Å². The number of aliphatic hydroxyl groups excluding tert-OH is 1. The van der Waals surface area contributed by atoms with Crippen LogP contribution in [0.15, 0.2) is 30.4 Å². The van der Waals surface area contributed by atoms with Crippen molar-refractivity contribution in [1.82, 2.24) is 5.32 Å². The van der Waals surface area contributed by atoms with Crippen molar-refractivity contribution in [1.29, 1.82) is 0 Å². The zero-order valence-corrected chi connectivity index (χ0v) is 10.8. The minimum absolute atomic E-state index is 0.352. The third-order valence-electron chi connectivity index (χ3n) is 3.48. The molecule has 1 aliphatic carbocycles. The van der Waals surface area contributed by atoms with Gasteiger partial charge < -0.3 is 10.4 Å². The lowest BCUT2D eigenvalue weighted by molar-refractivity contribution is 0.171. The van der Waals surface area contributed by atoms with Gasteiger partial charge in [-0.2, -0.15) is 0 Å². The highest BCUT2D eigenvalue weighted by atomic mass is 19.2. The molecule has 4 heteroatoms. The van der Waals surface area contributed by atoms with Crippen LogP contribution in [0.25, 0.3) is 0 Å². The maximum Gasteiger partial charge on any atom is 0.159 e. The van der Waals surface area contributed by atoms with Gasteiger partial charge in [0.05, 0.1) is 6.10 Å². The van der Waals surface area contributed by atoms with Crippen LogP contribution in [0.5, 0.6) is 0 Å². The molecule has 0 amide bonds. The lowest BCUT2D eigenvalue weighted by atomic mass is 9.94. The first kappa shape index (κ1) is 14.2. The third kappa shape index (κ3) is 4.11. The molecule has 2 nitrogen and oxygen atoms in total. The average Bonchev–Trinajstić information content (AvgIpc) is 2.43. The van der Waals surface area contributed by atoms with Crippen LogP contribution < -0.4 is 5.32 Å². The Balaban J connectivity index is 1.78. The molecule has 0 aromatic heterocycles. The van der Waals surface area contributed by atoms with E-state index in [-0.39, 0.29) is 0 Å². The second-order valence-electron chi connectivity index (χ2n) is 5.00. The van der Waals surface area contributed by atoms with E-state index < -0.39 is 17.7 Å².